The van der Waals surface area contributed by atoms with Crippen LogP contribution in [-0.4, -0.2) is 22.8 Å². The summed E-state index contributed by atoms with van der Waals surface area (Å²) in [7, 11) is 0. The van der Waals surface area contributed by atoms with Gasteiger partial charge in [-0.15, -0.1) is 0 Å². The first-order valence-electron chi connectivity index (χ1n) is 5.15. The molecule has 0 aliphatic rings. The number of carbonyl (C=O) groups is 1. The molecule has 0 aliphatic heterocycles. The van der Waals surface area contributed by atoms with Crippen LogP contribution in [-0.2, 0) is 0 Å². The van der Waals surface area contributed by atoms with Gasteiger partial charge < -0.3 is 14.4 Å². The molecule has 2 aromatic rings. The van der Waals surface area contributed by atoms with Gasteiger partial charge in [0.2, 0.25) is 0 Å². The Kier molecular flexibility index (Phi) is 3.09. The topological polar surface area (TPSA) is 72.6 Å². The Balaban J connectivity index is 2.52. The molecule has 5 nitrogen and oxygen atoms in total. The molecule has 0 fully saturated rings. The molecule has 0 radical (unpaired) electrons. The Bertz CT molecular complexity index is 519. The van der Waals surface area contributed by atoms with E-state index in [0.29, 0.717) is 12.2 Å². The highest BCUT2D eigenvalue weighted by Gasteiger charge is 2.24. The molecular formula is C12H11NO4. The molecule has 1 aromatic carbocycles. The fourth-order valence-electron chi connectivity index (χ4n) is 1.49. The minimum Gasteiger partial charge on any atom is -0.477 e. The summed E-state index contributed by atoms with van der Waals surface area (Å²) in [6.45, 7) is 2.07. The van der Waals surface area contributed by atoms with Gasteiger partial charge in [0.25, 0.3) is 0 Å². The van der Waals surface area contributed by atoms with Crippen molar-refractivity contribution in [1.82, 2.24) is 5.16 Å². The summed E-state index contributed by atoms with van der Waals surface area (Å²) < 4.78 is 9.99. The number of hydrogen-bond acceptors (Lipinski definition) is 4. The van der Waals surface area contributed by atoms with Crippen LogP contribution in [0.4, 0.5) is 0 Å². The highest BCUT2D eigenvalue weighted by Crippen LogP contribution is 2.30. The van der Waals surface area contributed by atoms with Gasteiger partial charge in [-0.25, -0.2) is 4.79 Å². The van der Waals surface area contributed by atoms with Crippen LogP contribution < -0.4 is 4.74 Å². The van der Waals surface area contributed by atoms with Crippen molar-refractivity contribution in [3.8, 4) is 17.2 Å². The van der Waals surface area contributed by atoms with E-state index < -0.39 is 5.97 Å². The second-order valence-corrected chi connectivity index (χ2v) is 3.30. The molecule has 1 aromatic heterocycles. The predicted molar refractivity (Wildman–Crippen MR) is 60.1 cm³/mol. The van der Waals surface area contributed by atoms with Gasteiger partial charge in [0, 0.05) is 5.56 Å². The number of aromatic carboxylic acids is 1. The summed E-state index contributed by atoms with van der Waals surface area (Å²) in [5.74, 6) is -1.17. The van der Waals surface area contributed by atoms with Crippen LogP contribution in [0.2, 0.25) is 0 Å². The van der Waals surface area contributed by atoms with E-state index in [2.05, 4.69) is 5.16 Å². The average Bonchev–Trinajstić information content (AvgIpc) is 2.74. The number of benzene rings is 1. The molecule has 0 saturated carbocycles. The zero-order valence-electron chi connectivity index (χ0n) is 9.21. The van der Waals surface area contributed by atoms with Gasteiger partial charge in [0.1, 0.15) is 5.69 Å². The summed E-state index contributed by atoms with van der Waals surface area (Å²) in [4.78, 5) is 11.2. The SMILES string of the molecule is CCOc1onc(-c2ccccc2)c1C(=O)O. The first-order chi connectivity index (χ1) is 8.24. The van der Waals surface area contributed by atoms with Crippen molar-refractivity contribution in [2.75, 3.05) is 6.61 Å². The van der Waals surface area contributed by atoms with Gasteiger partial charge in [-0.3, -0.25) is 0 Å². The van der Waals surface area contributed by atoms with Crippen molar-refractivity contribution in [3.05, 3.63) is 35.9 Å². The van der Waals surface area contributed by atoms with Crippen LogP contribution in [0.5, 0.6) is 5.95 Å². The van der Waals surface area contributed by atoms with E-state index in [9.17, 15) is 4.79 Å². The van der Waals surface area contributed by atoms with Crippen LogP contribution in [0.1, 0.15) is 17.3 Å². The van der Waals surface area contributed by atoms with Crippen molar-refractivity contribution in [3.63, 3.8) is 0 Å². The Morgan fingerprint density at radius 2 is 2.12 bits per heavy atom. The zero-order chi connectivity index (χ0) is 12.3. The van der Waals surface area contributed by atoms with Crippen LogP contribution in [0.15, 0.2) is 34.9 Å². The van der Waals surface area contributed by atoms with E-state index in [1.165, 1.54) is 0 Å². The van der Waals surface area contributed by atoms with Gasteiger partial charge >= 0.3 is 11.9 Å². The van der Waals surface area contributed by atoms with Crippen LogP contribution in [0.3, 0.4) is 0 Å². The molecule has 0 unspecified atom stereocenters. The summed E-state index contributed by atoms with van der Waals surface area (Å²) in [6.07, 6.45) is 0. The van der Waals surface area contributed by atoms with Gasteiger partial charge in [-0.1, -0.05) is 35.5 Å². The minimum atomic E-state index is -1.12. The van der Waals surface area contributed by atoms with Crippen molar-refractivity contribution in [2.45, 2.75) is 6.92 Å². The number of carboxylic acid groups (broad SMARTS) is 1. The smallest absolute Gasteiger partial charge is 0.345 e. The monoisotopic (exact) mass is 233 g/mol. The lowest BCUT2D eigenvalue weighted by Crippen LogP contribution is -2.01. The second kappa shape index (κ2) is 4.69. The molecule has 0 saturated heterocycles. The fourth-order valence-corrected chi connectivity index (χ4v) is 1.49. The standard InChI is InChI=1S/C12H11NO4/c1-2-16-12-9(11(14)15)10(13-17-12)8-6-4-3-5-7-8/h3-7H,2H2,1H3,(H,14,15). The van der Waals surface area contributed by atoms with Crippen LogP contribution in [0, 0.1) is 0 Å². The summed E-state index contributed by atoms with van der Waals surface area (Å²) in [5.41, 5.74) is 0.916. The highest BCUT2D eigenvalue weighted by molar-refractivity contribution is 5.96. The van der Waals surface area contributed by atoms with E-state index in [1.807, 2.05) is 6.07 Å². The van der Waals surface area contributed by atoms with Crippen molar-refractivity contribution in [1.29, 1.82) is 0 Å². The first kappa shape index (κ1) is 11.2. The van der Waals surface area contributed by atoms with E-state index >= 15 is 0 Å². The van der Waals surface area contributed by atoms with E-state index in [1.54, 1.807) is 31.2 Å². The molecule has 1 heterocycles. The lowest BCUT2D eigenvalue weighted by atomic mass is 10.1. The van der Waals surface area contributed by atoms with Gasteiger partial charge in [0.15, 0.2) is 5.56 Å². The third-order valence-electron chi connectivity index (χ3n) is 2.20. The quantitative estimate of drug-likeness (QED) is 0.877. The Morgan fingerprint density at radius 3 is 2.71 bits per heavy atom. The molecule has 0 atom stereocenters. The van der Waals surface area contributed by atoms with E-state index in [4.69, 9.17) is 14.4 Å². The lowest BCUT2D eigenvalue weighted by molar-refractivity contribution is 0.0689. The normalized spacial score (nSPS) is 10.2. The molecule has 1 N–H and O–H groups in total. The van der Waals surface area contributed by atoms with Crippen molar-refractivity contribution < 1.29 is 19.2 Å². The number of rotatable bonds is 4. The number of hydrogen-bond donors (Lipinski definition) is 1. The number of carboxylic acids is 1. The number of aromatic nitrogens is 1. The Hall–Kier alpha value is -2.30. The third kappa shape index (κ3) is 2.13. The minimum absolute atomic E-state index is 0.0435. The number of nitrogens with zero attached hydrogens (tertiary/aromatic N) is 1. The maximum Gasteiger partial charge on any atom is 0.345 e. The summed E-state index contributed by atoms with van der Waals surface area (Å²) in [5, 5.41) is 12.9. The molecule has 0 spiro atoms. The largest absolute Gasteiger partial charge is 0.477 e. The summed E-state index contributed by atoms with van der Waals surface area (Å²) >= 11 is 0. The third-order valence-corrected chi connectivity index (χ3v) is 2.20. The molecule has 0 bridgehead atoms. The van der Waals surface area contributed by atoms with Gasteiger partial charge in [-0.05, 0) is 6.92 Å². The zero-order valence-corrected chi connectivity index (χ0v) is 9.21. The summed E-state index contributed by atoms with van der Waals surface area (Å²) in [6, 6.07) is 8.97. The molecule has 0 aliphatic carbocycles. The molecule has 88 valence electrons. The average molecular weight is 233 g/mol. The molecule has 5 heteroatoms. The maximum atomic E-state index is 11.2. The van der Waals surface area contributed by atoms with Crippen molar-refractivity contribution >= 4 is 5.97 Å². The highest BCUT2D eigenvalue weighted by atomic mass is 16.6. The predicted octanol–water partition coefficient (Wildman–Crippen LogP) is 2.44. The van der Waals surface area contributed by atoms with Crippen molar-refractivity contribution in [2.24, 2.45) is 0 Å². The fraction of sp³-hybridized carbons (Fsp3) is 0.167. The van der Waals surface area contributed by atoms with Gasteiger partial charge in [-0.2, -0.15) is 0 Å². The lowest BCUT2D eigenvalue weighted by Gasteiger charge is -1.99. The van der Waals surface area contributed by atoms with E-state index in [-0.39, 0.29) is 17.2 Å². The Labute approximate surface area is 97.6 Å². The first-order valence-corrected chi connectivity index (χ1v) is 5.15. The molecule has 17 heavy (non-hydrogen) atoms. The van der Waals surface area contributed by atoms with Crippen LogP contribution in [0.25, 0.3) is 11.3 Å². The molecule has 0 amide bonds. The van der Waals surface area contributed by atoms with Gasteiger partial charge in [0.05, 0.1) is 6.61 Å². The Morgan fingerprint density at radius 1 is 1.41 bits per heavy atom. The van der Waals surface area contributed by atoms with E-state index in [0.717, 1.165) is 0 Å². The molecule has 2 rings (SSSR count). The number of ether oxygens (including phenoxy) is 1. The maximum absolute atomic E-state index is 11.2. The van der Waals surface area contributed by atoms with Crippen LogP contribution >= 0.6 is 0 Å². The molecular weight excluding hydrogens is 222 g/mol. The second-order valence-electron chi connectivity index (χ2n) is 3.30.